The van der Waals surface area contributed by atoms with Crippen molar-refractivity contribution in [3.63, 3.8) is 0 Å². The van der Waals surface area contributed by atoms with Crippen LogP contribution in [0.15, 0.2) is 54.6 Å². The average Bonchev–Trinajstić information content (AvgIpc) is 3.06. The zero-order chi connectivity index (χ0) is 18.1. The number of rotatable bonds is 5. The van der Waals surface area contributed by atoms with E-state index in [1.165, 1.54) is 5.56 Å². The summed E-state index contributed by atoms with van der Waals surface area (Å²) in [7, 11) is 0. The summed E-state index contributed by atoms with van der Waals surface area (Å²) < 4.78 is 2.27. The maximum absolute atomic E-state index is 9.87. The smallest absolute Gasteiger partial charge is 0.208 e. The molecule has 0 fully saturated rings. The van der Waals surface area contributed by atoms with Crippen LogP contribution >= 0.6 is 0 Å². The van der Waals surface area contributed by atoms with Crippen LogP contribution in [0.1, 0.15) is 19.4 Å². The van der Waals surface area contributed by atoms with Gasteiger partial charge in [-0.25, -0.2) is 4.98 Å². The molecule has 136 valence electrons. The number of para-hydroxylation sites is 2. The minimum absolute atomic E-state index is 0.126. The van der Waals surface area contributed by atoms with Gasteiger partial charge in [-0.05, 0) is 38.0 Å². The Kier molecular flexibility index (Phi) is 4.42. The van der Waals surface area contributed by atoms with E-state index in [4.69, 9.17) is 4.98 Å². The molecule has 1 aliphatic heterocycles. The number of imidazole rings is 1. The number of benzene rings is 2. The van der Waals surface area contributed by atoms with Gasteiger partial charge in [0.1, 0.15) is 0 Å². The van der Waals surface area contributed by atoms with Crippen LogP contribution in [0, 0.1) is 0 Å². The van der Waals surface area contributed by atoms with Crippen LogP contribution in [0.5, 0.6) is 0 Å². The molecule has 0 spiro atoms. The van der Waals surface area contributed by atoms with E-state index in [0.717, 1.165) is 43.3 Å². The molecule has 0 bridgehead atoms. The van der Waals surface area contributed by atoms with Gasteiger partial charge in [0.15, 0.2) is 0 Å². The largest absolute Gasteiger partial charge is 0.394 e. The molecule has 5 nitrogen and oxygen atoms in total. The topological polar surface area (TPSA) is 44.5 Å². The Hall–Kier alpha value is -2.37. The summed E-state index contributed by atoms with van der Waals surface area (Å²) in [6.45, 7) is 6.71. The van der Waals surface area contributed by atoms with Crippen LogP contribution in [-0.4, -0.2) is 44.9 Å². The second-order valence-electron chi connectivity index (χ2n) is 7.62. The van der Waals surface area contributed by atoms with Crippen molar-refractivity contribution >= 4 is 17.0 Å². The fraction of sp³-hybridized carbons (Fsp3) is 0.381. The first-order valence-corrected chi connectivity index (χ1v) is 9.18. The third kappa shape index (κ3) is 3.08. The van der Waals surface area contributed by atoms with Crippen molar-refractivity contribution < 1.29 is 5.11 Å². The molecule has 0 radical (unpaired) electrons. The molecule has 2 heterocycles. The molecule has 3 aromatic rings. The third-order valence-electron chi connectivity index (χ3n) is 5.33. The molecular formula is C21H26N4O. The van der Waals surface area contributed by atoms with Gasteiger partial charge in [0.25, 0.3) is 0 Å². The predicted molar refractivity (Wildman–Crippen MR) is 105 cm³/mol. The SMILES string of the molecule is CC(C)(CO)N1CN(CCc2ccccc2)c2nc3ccccc3n2C1. The first kappa shape index (κ1) is 17.1. The molecule has 2 aromatic carbocycles. The molecule has 1 aromatic heterocycles. The van der Waals surface area contributed by atoms with Crippen molar-refractivity contribution in [2.24, 2.45) is 0 Å². The van der Waals surface area contributed by atoms with E-state index in [0.29, 0.717) is 0 Å². The minimum Gasteiger partial charge on any atom is -0.394 e. The van der Waals surface area contributed by atoms with Gasteiger partial charge in [0.05, 0.1) is 31.0 Å². The molecule has 4 rings (SSSR count). The first-order chi connectivity index (χ1) is 12.6. The number of nitrogens with zero attached hydrogens (tertiary/aromatic N) is 4. The van der Waals surface area contributed by atoms with Crippen molar-refractivity contribution in [2.75, 3.05) is 24.7 Å². The summed E-state index contributed by atoms with van der Waals surface area (Å²) in [4.78, 5) is 9.53. The summed E-state index contributed by atoms with van der Waals surface area (Å²) in [5.41, 5.74) is 3.21. The zero-order valence-corrected chi connectivity index (χ0v) is 15.5. The molecule has 0 atom stereocenters. The second-order valence-corrected chi connectivity index (χ2v) is 7.62. The Morgan fingerprint density at radius 1 is 1.00 bits per heavy atom. The van der Waals surface area contributed by atoms with Crippen LogP contribution in [-0.2, 0) is 13.1 Å². The molecule has 0 amide bonds. The van der Waals surface area contributed by atoms with E-state index >= 15 is 0 Å². The van der Waals surface area contributed by atoms with Gasteiger partial charge >= 0.3 is 0 Å². The van der Waals surface area contributed by atoms with Crippen molar-refractivity contribution in [3.05, 3.63) is 60.2 Å². The van der Waals surface area contributed by atoms with Crippen molar-refractivity contribution in [2.45, 2.75) is 32.5 Å². The van der Waals surface area contributed by atoms with Crippen molar-refractivity contribution in [3.8, 4) is 0 Å². The minimum atomic E-state index is -0.284. The Balaban J connectivity index is 1.68. The van der Waals surface area contributed by atoms with Crippen LogP contribution in [0.25, 0.3) is 11.0 Å². The maximum Gasteiger partial charge on any atom is 0.208 e. The summed E-state index contributed by atoms with van der Waals surface area (Å²) in [6, 6.07) is 18.8. The van der Waals surface area contributed by atoms with E-state index in [2.05, 4.69) is 76.7 Å². The highest BCUT2D eigenvalue weighted by Crippen LogP contribution is 2.30. The Morgan fingerprint density at radius 3 is 2.50 bits per heavy atom. The van der Waals surface area contributed by atoms with E-state index in [-0.39, 0.29) is 12.1 Å². The molecule has 1 aliphatic rings. The maximum atomic E-state index is 9.87. The van der Waals surface area contributed by atoms with Gasteiger partial charge in [-0.3, -0.25) is 9.47 Å². The van der Waals surface area contributed by atoms with E-state index in [1.807, 2.05) is 6.07 Å². The Morgan fingerprint density at radius 2 is 1.73 bits per heavy atom. The summed E-state index contributed by atoms with van der Waals surface area (Å²) in [5.74, 6) is 1.02. The number of aliphatic hydroxyl groups excluding tert-OH is 1. The highest BCUT2D eigenvalue weighted by Gasteiger charge is 2.33. The lowest BCUT2D eigenvalue weighted by Crippen LogP contribution is -2.55. The molecule has 0 saturated heterocycles. The first-order valence-electron chi connectivity index (χ1n) is 9.18. The fourth-order valence-corrected chi connectivity index (χ4v) is 3.49. The quantitative estimate of drug-likeness (QED) is 0.768. The number of aromatic nitrogens is 2. The van der Waals surface area contributed by atoms with Gasteiger partial charge in [-0.1, -0.05) is 42.5 Å². The predicted octanol–water partition coefficient (Wildman–Crippen LogP) is 3.09. The Bertz CT molecular complexity index is 887. The molecule has 0 saturated carbocycles. The molecule has 1 N–H and O–H groups in total. The molecule has 26 heavy (non-hydrogen) atoms. The van der Waals surface area contributed by atoms with Crippen LogP contribution < -0.4 is 4.90 Å². The van der Waals surface area contributed by atoms with Gasteiger partial charge < -0.3 is 10.0 Å². The normalized spacial score (nSPS) is 15.4. The van der Waals surface area contributed by atoms with E-state index in [1.54, 1.807) is 0 Å². The van der Waals surface area contributed by atoms with Gasteiger partial charge in [-0.15, -0.1) is 0 Å². The van der Waals surface area contributed by atoms with Crippen molar-refractivity contribution in [1.29, 1.82) is 0 Å². The highest BCUT2D eigenvalue weighted by atomic mass is 16.3. The summed E-state index contributed by atoms with van der Waals surface area (Å²) in [6.07, 6.45) is 0.970. The lowest BCUT2D eigenvalue weighted by atomic mass is 10.1. The second kappa shape index (κ2) is 6.74. The average molecular weight is 350 g/mol. The van der Waals surface area contributed by atoms with E-state index < -0.39 is 0 Å². The number of aliphatic hydroxyl groups is 1. The molecule has 0 aliphatic carbocycles. The van der Waals surface area contributed by atoms with E-state index in [9.17, 15) is 5.11 Å². The van der Waals surface area contributed by atoms with Gasteiger partial charge in [-0.2, -0.15) is 0 Å². The van der Waals surface area contributed by atoms with Crippen molar-refractivity contribution in [1.82, 2.24) is 14.5 Å². The van der Waals surface area contributed by atoms with Gasteiger partial charge in [0.2, 0.25) is 5.95 Å². The molecule has 5 heteroatoms. The van der Waals surface area contributed by atoms with Gasteiger partial charge in [0, 0.05) is 12.1 Å². The number of hydrogen-bond acceptors (Lipinski definition) is 4. The lowest BCUT2D eigenvalue weighted by Gasteiger charge is -2.44. The van der Waals surface area contributed by atoms with Crippen LogP contribution in [0.2, 0.25) is 0 Å². The molecular weight excluding hydrogens is 324 g/mol. The summed E-state index contributed by atoms with van der Waals surface area (Å²) >= 11 is 0. The number of fused-ring (bicyclic) bond motifs is 3. The standard InChI is InChI=1S/C21H26N4O/c1-21(2,14-26)24-15-23(13-12-17-8-4-3-5-9-17)20-22-18-10-6-7-11-19(18)25(20)16-24/h3-11,26H,12-16H2,1-2H3. The highest BCUT2D eigenvalue weighted by molar-refractivity contribution is 5.79. The zero-order valence-electron chi connectivity index (χ0n) is 15.5. The Labute approximate surface area is 154 Å². The lowest BCUT2D eigenvalue weighted by molar-refractivity contribution is 0.0257. The van der Waals surface area contributed by atoms with Crippen LogP contribution in [0.4, 0.5) is 5.95 Å². The fourth-order valence-electron chi connectivity index (χ4n) is 3.49. The number of anilines is 1. The molecule has 0 unspecified atom stereocenters. The van der Waals surface area contributed by atoms with Crippen LogP contribution in [0.3, 0.4) is 0 Å². The summed E-state index contributed by atoms with van der Waals surface area (Å²) in [5, 5.41) is 9.87. The number of hydrogen-bond donors (Lipinski definition) is 1. The third-order valence-corrected chi connectivity index (χ3v) is 5.33. The monoisotopic (exact) mass is 350 g/mol.